The van der Waals surface area contributed by atoms with Crippen molar-refractivity contribution in [3.63, 3.8) is 0 Å². The SMILES string of the molecule is CC(C)(C)C1CNCCN1C(=O)OCc1cccnc1. The van der Waals surface area contributed by atoms with E-state index in [4.69, 9.17) is 4.74 Å². The highest BCUT2D eigenvalue weighted by molar-refractivity contribution is 5.68. The van der Waals surface area contributed by atoms with E-state index in [0.29, 0.717) is 6.54 Å². The van der Waals surface area contributed by atoms with Gasteiger partial charge in [0.15, 0.2) is 0 Å². The second kappa shape index (κ2) is 6.22. The Kier molecular flexibility index (Phi) is 4.60. The van der Waals surface area contributed by atoms with Crippen molar-refractivity contribution in [1.82, 2.24) is 15.2 Å². The van der Waals surface area contributed by atoms with Crippen LogP contribution in [-0.2, 0) is 11.3 Å². The van der Waals surface area contributed by atoms with Gasteiger partial charge in [-0.05, 0) is 11.5 Å². The van der Waals surface area contributed by atoms with Crippen LogP contribution in [0.4, 0.5) is 4.79 Å². The first-order valence-corrected chi connectivity index (χ1v) is 7.01. The Morgan fingerprint density at radius 1 is 1.55 bits per heavy atom. The minimum atomic E-state index is -0.240. The molecule has 20 heavy (non-hydrogen) atoms. The summed E-state index contributed by atoms with van der Waals surface area (Å²) in [6.45, 7) is 9.02. The molecular weight excluding hydrogens is 254 g/mol. The van der Waals surface area contributed by atoms with Crippen LogP contribution in [0.3, 0.4) is 0 Å². The van der Waals surface area contributed by atoms with Gasteiger partial charge in [-0.3, -0.25) is 4.98 Å². The fraction of sp³-hybridized carbons (Fsp3) is 0.600. The number of pyridine rings is 1. The van der Waals surface area contributed by atoms with Gasteiger partial charge in [-0.25, -0.2) is 4.79 Å². The van der Waals surface area contributed by atoms with Gasteiger partial charge < -0.3 is 15.0 Å². The molecule has 0 saturated carbocycles. The summed E-state index contributed by atoms with van der Waals surface area (Å²) in [6.07, 6.45) is 3.18. The first kappa shape index (κ1) is 14.8. The van der Waals surface area contributed by atoms with Crippen LogP contribution >= 0.6 is 0 Å². The monoisotopic (exact) mass is 277 g/mol. The molecule has 1 atom stereocenters. The number of nitrogens with one attached hydrogen (secondary N) is 1. The van der Waals surface area contributed by atoms with Gasteiger partial charge in [-0.2, -0.15) is 0 Å². The van der Waals surface area contributed by atoms with E-state index in [-0.39, 0.29) is 24.2 Å². The molecule has 0 aliphatic carbocycles. The molecule has 0 aromatic carbocycles. The summed E-state index contributed by atoms with van der Waals surface area (Å²) in [5.41, 5.74) is 0.934. The molecule has 5 nitrogen and oxygen atoms in total. The Morgan fingerprint density at radius 2 is 2.35 bits per heavy atom. The first-order valence-electron chi connectivity index (χ1n) is 7.01. The van der Waals surface area contributed by atoms with Crippen molar-refractivity contribution in [3.05, 3.63) is 30.1 Å². The van der Waals surface area contributed by atoms with E-state index in [0.717, 1.165) is 18.7 Å². The Hall–Kier alpha value is -1.62. The lowest BCUT2D eigenvalue weighted by molar-refractivity contribution is 0.0411. The molecule has 5 heteroatoms. The lowest BCUT2D eigenvalue weighted by atomic mass is 9.85. The molecule has 1 fully saturated rings. The topological polar surface area (TPSA) is 54.5 Å². The molecule has 0 bridgehead atoms. The molecular formula is C15H23N3O2. The highest BCUT2D eigenvalue weighted by Crippen LogP contribution is 2.26. The minimum Gasteiger partial charge on any atom is -0.444 e. The van der Waals surface area contributed by atoms with Crippen molar-refractivity contribution in [2.45, 2.75) is 33.4 Å². The Morgan fingerprint density at radius 3 is 3.00 bits per heavy atom. The van der Waals surface area contributed by atoms with Crippen LogP contribution in [0.15, 0.2) is 24.5 Å². The molecule has 1 N–H and O–H groups in total. The van der Waals surface area contributed by atoms with Crippen LogP contribution in [0.5, 0.6) is 0 Å². The molecule has 1 saturated heterocycles. The lowest BCUT2D eigenvalue weighted by Crippen LogP contribution is -2.58. The van der Waals surface area contributed by atoms with Crippen LogP contribution in [0.1, 0.15) is 26.3 Å². The fourth-order valence-electron chi connectivity index (χ4n) is 2.41. The number of rotatable bonds is 2. The van der Waals surface area contributed by atoms with Gasteiger partial charge in [0, 0.05) is 37.6 Å². The van der Waals surface area contributed by atoms with Crippen LogP contribution < -0.4 is 5.32 Å². The fourth-order valence-corrected chi connectivity index (χ4v) is 2.41. The van der Waals surface area contributed by atoms with Crippen molar-refractivity contribution in [3.8, 4) is 0 Å². The van der Waals surface area contributed by atoms with Gasteiger partial charge in [-0.15, -0.1) is 0 Å². The Bertz CT molecular complexity index is 442. The number of amides is 1. The number of aromatic nitrogens is 1. The summed E-state index contributed by atoms with van der Waals surface area (Å²) in [5.74, 6) is 0. The number of ether oxygens (including phenoxy) is 1. The molecule has 1 unspecified atom stereocenters. The molecule has 1 amide bonds. The molecule has 1 aliphatic rings. The van der Waals surface area contributed by atoms with E-state index in [1.165, 1.54) is 0 Å². The van der Waals surface area contributed by atoms with Crippen LogP contribution in [0, 0.1) is 5.41 Å². The highest BCUT2D eigenvalue weighted by atomic mass is 16.6. The van der Waals surface area contributed by atoms with Gasteiger partial charge in [0.1, 0.15) is 6.61 Å². The molecule has 110 valence electrons. The third-order valence-corrected chi connectivity index (χ3v) is 3.56. The smallest absolute Gasteiger partial charge is 0.410 e. The Balaban J connectivity index is 1.96. The van der Waals surface area contributed by atoms with Gasteiger partial charge in [0.25, 0.3) is 0 Å². The number of carbonyl (C=O) groups excluding carboxylic acids is 1. The zero-order chi connectivity index (χ0) is 14.6. The average molecular weight is 277 g/mol. The number of carbonyl (C=O) groups is 1. The number of piperazine rings is 1. The molecule has 1 aromatic heterocycles. The summed E-state index contributed by atoms with van der Waals surface area (Å²) < 4.78 is 5.41. The van der Waals surface area contributed by atoms with Gasteiger partial charge in [-0.1, -0.05) is 26.8 Å². The number of hydrogen-bond donors (Lipinski definition) is 1. The predicted octanol–water partition coefficient (Wildman–Crippen LogP) is 2.04. The van der Waals surface area contributed by atoms with Gasteiger partial charge in [0.05, 0.1) is 6.04 Å². The summed E-state index contributed by atoms with van der Waals surface area (Å²) in [6, 6.07) is 3.89. The van der Waals surface area contributed by atoms with Crippen molar-refractivity contribution in [1.29, 1.82) is 0 Å². The Labute approximate surface area is 120 Å². The third kappa shape index (κ3) is 3.70. The first-order chi connectivity index (χ1) is 9.48. The van der Waals surface area contributed by atoms with E-state index in [1.807, 2.05) is 17.0 Å². The van der Waals surface area contributed by atoms with E-state index in [1.54, 1.807) is 12.4 Å². The summed E-state index contributed by atoms with van der Waals surface area (Å²) >= 11 is 0. The van der Waals surface area contributed by atoms with E-state index in [9.17, 15) is 4.79 Å². The van der Waals surface area contributed by atoms with Crippen molar-refractivity contribution in [2.75, 3.05) is 19.6 Å². The molecule has 2 rings (SSSR count). The lowest BCUT2D eigenvalue weighted by Gasteiger charge is -2.42. The van der Waals surface area contributed by atoms with Gasteiger partial charge >= 0.3 is 6.09 Å². The van der Waals surface area contributed by atoms with Gasteiger partial charge in [0.2, 0.25) is 0 Å². The maximum Gasteiger partial charge on any atom is 0.410 e. The average Bonchev–Trinajstić information content (AvgIpc) is 2.45. The van der Waals surface area contributed by atoms with Crippen molar-refractivity contribution in [2.24, 2.45) is 5.41 Å². The van der Waals surface area contributed by atoms with Crippen LogP contribution in [0.2, 0.25) is 0 Å². The molecule has 2 heterocycles. The second-order valence-electron chi connectivity index (χ2n) is 6.20. The predicted molar refractivity (Wildman–Crippen MR) is 77.2 cm³/mol. The summed E-state index contributed by atoms with van der Waals surface area (Å²) in [4.78, 5) is 18.1. The van der Waals surface area contributed by atoms with Crippen LogP contribution in [-0.4, -0.2) is 41.7 Å². The normalized spacial score (nSPS) is 19.8. The summed E-state index contributed by atoms with van der Waals surface area (Å²) in [7, 11) is 0. The van der Waals surface area contributed by atoms with E-state index < -0.39 is 0 Å². The minimum absolute atomic E-state index is 0.0285. The van der Waals surface area contributed by atoms with Crippen LogP contribution in [0.25, 0.3) is 0 Å². The van der Waals surface area contributed by atoms with Crippen molar-refractivity contribution < 1.29 is 9.53 Å². The summed E-state index contributed by atoms with van der Waals surface area (Å²) in [5, 5.41) is 3.34. The maximum atomic E-state index is 12.3. The van der Waals surface area contributed by atoms with E-state index >= 15 is 0 Å². The van der Waals surface area contributed by atoms with Crippen molar-refractivity contribution >= 4 is 6.09 Å². The molecule has 0 radical (unpaired) electrons. The quantitative estimate of drug-likeness (QED) is 0.899. The number of nitrogens with zero attached hydrogens (tertiary/aromatic N) is 2. The van der Waals surface area contributed by atoms with E-state index in [2.05, 4.69) is 31.1 Å². The zero-order valence-electron chi connectivity index (χ0n) is 12.4. The zero-order valence-corrected chi connectivity index (χ0v) is 12.4. The largest absolute Gasteiger partial charge is 0.444 e. The molecule has 0 spiro atoms. The molecule has 1 aliphatic heterocycles. The third-order valence-electron chi connectivity index (χ3n) is 3.56. The highest BCUT2D eigenvalue weighted by Gasteiger charge is 2.35. The molecule has 1 aromatic rings. The standard InChI is InChI=1S/C15H23N3O2/c1-15(2,3)13-10-17-7-8-18(13)14(19)20-11-12-5-4-6-16-9-12/h4-6,9,13,17H,7-8,10-11H2,1-3H3. The maximum absolute atomic E-state index is 12.3. The number of hydrogen-bond acceptors (Lipinski definition) is 4. The second-order valence-corrected chi connectivity index (χ2v) is 6.20.